The Morgan fingerprint density at radius 3 is 2.40 bits per heavy atom. The van der Waals surface area contributed by atoms with E-state index in [9.17, 15) is 0 Å². The van der Waals surface area contributed by atoms with E-state index in [0.717, 1.165) is 6.42 Å². The Kier molecular flexibility index (Phi) is 4.34. The van der Waals surface area contributed by atoms with Gasteiger partial charge in [0.15, 0.2) is 7.83 Å². The van der Waals surface area contributed by atoms with Gasteiger partial charge in [0.05, 0.1) is 13.2 Å². The zero-order chi connectivity index (χ0) is 15.0. The Morgan fingerprint density at radius 1 is 1.15 bits per heavy atom. The number of hydrogen-bond acceptors (Lipinski definition) is 1. The van der Waals surface area contributed by atoms with E-state index in [1.807, 2.05) is 0 Å². The molecule has 1 aromatic rings. The van der Waals surface area contributed by atoms with Crippen LogP contribution in [0.1, 0.15) is 30.9 Å². The number of rotatable bonds is 3. The van der Waals surface area contributed by atoms with Gasteiger partial charge in [-0.3, -0.25) is 0 Å². The van der Waals surface area contributed by atoms with Crippen LogP contribution in [0.3, 0.4) is 0 Å². The molecule has 0 saturated carbocycles. The summed E-state index contributed by atoms with van der Waals surface area (Å²) in [6, 6.07) is 10.2. The van der Waals surface area contributed by atoms with E-state index in [4.69, 9.17) is 4.43 Å². The van der Waals surface area contributed by atoms with Gasteiger partial charge < -0.3 is 4.43 Å². The van der Waals surface area contributed by atoms with Crippen molar-refractivity contribution in [2.45, 2.75) is 70.9 Å². The molecule has 0 bridgehead atoms. The Hall–Kier alpha value is -0.386. The third-order valence-corrected chi connectivity index (χ3v) is 22.2. The van der Waals surface area contributed by atoms with Crippen molar-refractivity contribution < 1.29 is 4.43 Å². The summed E-state index contributed by atoms with van der Waals surface area (Å²) in [5.74, 6) is 0. The molecule has 112 valence electrons. The van der Waals surface area contributed by atoms with E-state index in [-0.39, 0.29) is 5.60 Å². The van der Waals surface area contributed by atoms with Crippen molar-refractivity contribution in [3.05, 3.63) is 35.4 Å². The summed E-state index contributed by atoms with van der Waals surface area (Å²) >= 11 is 0. The highest BCUT2D eigenvalue weighted by atomic mass is 29.3. The number of hydrogen-bond donors (Lipinski definition) is 0. The first-order valence-electron chi connectivity index (χ1n) is 7.90. The summed E-state index contributed by atoms with van der Waals surface area (Å²) in [4.78, 5) is 0. The lowest BCUT2D eigenvalue weighted by Gasteiger charge is -2.51. The molecule has 0 N–H and O–H groups in total. The van der Waals surface area contributed by atoms with Crippen LogP contribution in [-0.2, 0) is 10.8 Å². The largest absolute Gasteiger partial charge is 0.415 e. The van der Waals surface area contributed by atoms with Crippen molar-refractivity contribution in [1.82, 2.24) is 0 Å². The Bertz CT molecular complexity index is 482. The summed E-state index contributed by atoms with van der Waals surface area (Å²) in [5.41, 5.74) is 3.01. The summed E-state index contributed by atoms with van der Waals surface area (Å²) in [6.07, 6.45) is 3.57. The lowest BCUT2D eigenvalue weighted by Crippen LogP contribution is -2.64. The van der Waals surface area contributed by atoms with Crippen LogP contribution in [0.5, 0.6) is 0 Å². The van der Waals surface area contributed by atoms with E-state index in [1.165, 1.54) is 30.0 Å². The van der Waals surface area contributed by atoms with Gasteiger partial charge in [0, 0.05) is 0 Å². The van der Waals surface area contributed by atoms with Crippen molar-refractivity contribution in [2.75, 3.05) is 0 Å². The van der Waals surface area contributed by atoms with Crippen LogP contribution >= 0.6 is 0 Å². The summed E-state index contributed by atoms with van der Waals surface area (Å²) in [5, 5.41) is 0. The third kappa shape index (κ3) is 3.26. The molecule has 1 saturated heterocycles. The molecule has 0 aliphatic carbocycles. The monoisotopic (exact) mass is 306 g/mol. The second kappa shape index (κ2) is 5.43. The Balaban J connectivity index is 2.05. The fraction of sp³-hybridized carbons (Fsp3) is 0.647. The van der Waals surface area contributed by atoms with Gasteiger partial charge in [-0.2, -0.15) is 0 Å². The standard InChI is InChI=1S/C17H30OSi2/c1-15-9-7-8-10-16(15)11-12-17(2)13-14-19(3,4)20(5,6)18-17/h7-10H,11-14H2,1-6H3. The van der Waals surface area contributed by atoms with Gasteiger partial charge in [0.1, 0.15) is 0 Å². The SMILES string of the molecule is Cc1ccccc1CCC1(C)CC[Si](C)(C)[Si](C)(C)O1. The van der Waals surface area contributed by atoms with Gasteiger partial charge in [-0.15, -0.1) is 0 Å². The van der Waals surface area contributed by atoms with Gasteiger partial charge in [-0.1, -0.05) is 43.4 Å². The lowest BCUT2D eigenvalue weighted by atomic mass is 9.93. The molecule has 0 radical (unpaired) electrons. The minimum atomic E-state index is -1.47. The quantitative estimate of drug-likeness (QED) is 0.706. The molecule has 1 aromatic carbocycles. The van der Waals surface area contributed by atoms with Crippen molar-refractivity contribution in [3.63, 3.8) is 0 Å². The van der Waals surface area contributed by atoms with Crippen LogP contribution in [0.4, 0.5) is 0 Å². The molecular weight excluding hydrogens is 276 g/mol. The van der Waals surface area contributed by atoms with Crippen molar-refractivity contribution in [3.8, 4) is 0 Å². The lowest BCUT2D eigenvalue weighted by molar-refractivity contribution is 0.0638. The van der Waals surface area contributed by atoms with Gasteiger partial charge in [-0.25, -0.2) is 0 Å². The first-order valence-corrected chi connectivity index (χ1v) is 15.0. The van der Waals surface area contributed by atoms with E-state index >= 15 is 0 Å². The van der Waals surface area contributed by atoms with E-state index in [0.29, 0.717) is 0 Å². The molecule has 1 atom stereocenters. The van der Waals surface area contributed by atoms with Gasteiger partial charge in [-0.05, 0) is 57.3 Å². The van der Waals surface area contributed by atoms with Crippen LogP contribution in [-0.4, -0.2) is 21.0 Å². The maximum Gasteiger partial charge on any atom is 0.174 e. The van der Waals surface area contributed by atoms with E-state index < -0.39 is 15.4 Å². The molecular formula is C17H30OSi2. The summed E-state index contributed by atoms with van der Waals surface area (Å²) in [6.45, 7) is 14.5. The Labute approximate surface area is 126 Å². The highest BCUT2D eigenvalue weighted by Crippen LogP contribution is 2.41. The summed E-state index contributed by atoms with van der Waals surface area (Å²) in [7, 11) is -2.58. The van der Waals surface area contributed by atoms with Crippen LogP contribution in [0, 0.1) is 6.92 Å². The molecule has 1 unspecified atom stereocenters. The average Bonchev–Trinajstić information content (AvgIpc) is 2.34. The molecule has 1 fully saturated rings. The van der Waals surface area contributed by atoms with Crippen LogP contribution in [0.25, 0.3) is 0 Å². The van der Waals surface area contributed by atoms with E-state index in [2.05, 4.69) is 64.3 Å². The van der Waals surface area contributed by atoms with Crippen LogP contribution in [0.2, 0.25) is 32.2 Å². The van der Waals surface area contributed by atoms with Crippen LogP contribution < -0.4 is 0 Å². The van der Waals surface area contributed by atoms with E-state index in [1.54, 1.807) is 0 Å². The second-order valence-electron chi connectivity index (χ2n) is 7.87. The smallest absolute Gasteiger partial charge is 0.174 e. The van der Waals surface area contributed by atoms with Crippen molar-refractivity contribution in [2.24, 2.45) is 0 Å². The predicted octanol–water partition coefficient (Wildman–Crippen LogP) is 5.10. The van der Waals surface area contributed by atoms with Gasteiger partial charge >= 0.3 is 0 Å². The number of aryl methyl sites for hydroxylation is 2. The van der Waals surface area contributed by atoms with Crippen LogP contribution in [0.15, 0.2) is 24.3 Å². The number of benzene rings is 1. The normalized spacial score (nSPS) is 28.3. The minimum absolute atomic E-state index is 0.112. The fourth-order valence-corrected chi connectivity index (χ4v) is 10.4. The van der Waals surface area contributed by atoms with Crippen molar-refractivity contribution >= 4 is 15.4 Å². The molecule has 1 heterocycles. The maximum absolute atomic E-state index is 6.74. The second-order valence-corrected chi connectivity index (χ2v) is 23.0. The topological polar surface area (TPSA) is 9.23 Å². The zero-order valence-corrected chi connectivity index (χ0v) is 16.0. The highest BCUT2D eigenvalue weighted by molar-refractivity contribution is 7.38. The molecule has 0 amide bonds. The maximum atomic E-state index is 6.74. The highest BCUT2D eigenvalue weighted by Gasteiger charge is 2.51. The first kappa shape index (κ1) is 16.0. The fourth-order valence-electron chi connectivity index (χ4n) is 3.15. The Morgan fingerprint density at radius 2 is 1.80 bits per heavy atom. The third-order valence-electron chi connectivity index (χ3n) is 5.59. The average molecular weight is 307 g/mol. The molecule has 3 heteroatoms. The molecule has 0 spiro atoms. The van der Waals surface area contributed by atoms with Gasteiger partial charge in [0.2, 0.25) is 0 Å². The summed E-state index contributed by atoms with van der Waals surface area (Å²) < 4.78 is 6.74. The first-order chi connectivity index (χ1) is 9.15. The molecule has 1 aliphatic heterocycles. The predicted molar refractivity (Wildman–Crippen MR) is 93.4 cm³/mol. The van der Waals surface area contributed by atoms with Crippen molar-refractivity contribution in [1.29, 1.82) is 0 Å². The molecule has 20 heavy (non-hydrogen) atoms. The molecule has 2 rings (SSSR count). The molecule has 0 aromatic heterocycles. The zero-order valence-electron chi connectivity index (χ0n) is 14.0. The van der Waals surface area contributed by atoms with Gasteiger partial charge in [0.25, 0.3) is 0 Å². The molecule has 1 aliphatic rings. The molecule has 1 nitrogen and oxygen atoms in total. The minimum Gasteiger partial charge on any atom is -0.415 e.